The van der Waals surface area contributed by atoms with Crippen molar-refractivity contribution < 1.29 is 0 Å². The van der Waals surface area contributed by atoms with E-state index in [1.54, 1.807) is 0 Å². The lowest BCUT2D eigenvalue weighted by molar-refractivity contribution is 1.28. The molecule has 0 N–H and O–H groups in total. The molecule has 8 aromatic rings. The molecule has 0 heterocycles. The zero-order chi connectivity index (χ0) is 31.5. The molecule has 0 atom stereocenters. The van der Waals surface area contributed by atoms with Gasteiger partial charge in [-0.2, -0.15) is 0 Å². The van der Waals surface area contributed by atoms with Crippen LogP contribution < -0.4 is 4.90 Å². The Morgan fingerprint density at radius 2 is 1.07 bits per heavy atom. The van der Waals surface area contributed by atoms with E-state index in [4.69, 9.17) is 0 Å². The van der Waals surface area contributed by atoms with E-state index in [-0.39, 0.29) is 0 Å². The van der Waals surface area contributed by atoms with E-state index in [2.05, 4.69) is 173 Å². The minimum Gasteiger partial charge on any atom is -0.310 e. The van der Waals surface area contributed by atoms with Crippen LogP contribution in [0.15, 0.2) is 133 Å². The first kappa shape index (κ1) is 28.1. The van der Waals surface area contributed by atoms with Crippen LogP contribution in [0.5, 0.6) is 0 Å². The lowest BCUT2D eigenvalue weighted by Gasteiger charge is -2.29. The molecule has 0 radical (unpaired) electrons. The molecule has 0 aliphatic rings. The van der Waals surface area contributed by atoms with Crippen LogP contribution in [0.3, 0.4) is 0 Å². The molecular formula is C45H37N. The molecule has 222 valence electrons. The van der Waals surface area contributed by atoms with Gasteiger partial charge in [0.15, 0.2) is 0 Å². The summed E-state index contributed by atoms with van der Waals surface area (Å²) in [6.45, 7) is 11.3. The molecule has 0 bridgehead atoms. The molecule has 0 saturated carbocycles. The van der Waals surface area contributed by atoms with Crippen LogP contribution in [0.2, 0.25) is 0 Å². The van der Waals surface area contributed by atoms with E-state index in [0.717, 1.165) is 5.69 Å². The first-order valence-corrected chi connectivity index (χ1v) is 16.2. The number of hydrogen-bond donors (Lipinski definition) is 0. The van der Waals surface area contributed by atoms with Crippen molar-refractivity contribution in [2.45, 2.75) is 34.6 Å². The van der Waals surface area contributed by atoms with Crippen molar-refractivity contribution >= 4 is 49.4 Å². The smallest absolute Gasteiger partial charge is 0.0543 e. The van der Waals surface area contributed by atoms with Crippen LogP contribution in [-0.4, -0.2) is 0 Å². The topological polar surface area (TPSA) is 3.24 Å². The Morgan fingerprint density at radius 1 is 0.391 bits per heavy atom. The van der Waals surface area contributed by atoms with Gasteiger partial charge in [-0.25, -0.2) is 0 Å². The Morgan fingerprint density at radius 3 is 1.83 bits per heavy atom. The van der Waals surface area contributed by atoms with Crippen molar-refractivity contribution in [3.8, 4) is 22.3 Å². The highest BCUT2D eigenvalue weighted by molar-refractivity contribution is 6.30. The number of aryl methyl sites for hydroxylation is 5. The summed E-state index contributed by atoms with van der Waals surface area (Å²) < 4.78 is 0. The molecule has 8 rings (SSSR count). The van der Waals surface area contributed by atoms with Crippen molar-refractivity contribution in [3.05, 3.63) is 161 Å². The third-order valence-corrected chi connectivity index (χ3v) is 9.73. The summed E-state index contributed by atoms with van der Waals surface area (Å²) in [5, 5.41) is 7.98. The molecule has 0 saturated heterocycles. The summed E-state index contributed by atoms with van der Waals surface area (Å²) in [4.78, 5) is 2.43. The van der Waals surface area contributed by atoms with Gasteiger partial charge < -0.3 is 4.90 Å². The van der Waals surface area contributed by atoms with Gasteiger partial charge >= 0.3 is 0 Å². The predicted molar refractivity (Wildman–Crippen MR) is 199 cm³/mol. The van der Waals surface area contributed by atoms with E-state index >= 15 is 0 Å². The van der Waals surface area contributed by atoms with Gasteiger partial charge in [0.05, 0.1) is 5.69 Å². The predicted octanol–water partition coefficient (Wildman–Crippen LogP) is 12.9. The minimum atomic E-state index is 1.16. The molecule has 1 nitrogen and oxygen atoms in total. The maximum absolute atomic E-state index is 2.49. The van der Waals surface area contributed by atoms with E-state index in [1.165, 1.54) is 93.8 Å². The van der Waals surface area contributed by atoms with Crippen LogP contribution in [0.25, 0.3) is 54.6 Å². The molecule has 0 amide bonds. The van der Waals surface area contributed by atoms with E-state index < -0.39 is 0 Å². The van der Waals surface area contributed by atoms with Gasteiger partial charge in [-0.1, -0.05) is 97.1 Å². The number of hydrogen-bond acceptors (Lipinski definition) is 1. The summed E-state index contributed by atoms with van der Waals surface area (Å²) in [5.41, 5.74) is 15.1. The SMILES string of the molecule is Cc1cccc(N(c2ccccc2)c2cc(C)c3cc(-c4c(C)cccc4-c4ccccc4)c4c(C)cc(C)c5ccc2c3c54)c1. The third-order valence-electron chi connectivity index (χ3n) is 9.73. The minimum absolute atomic E-state index is 1.16. The summed E-state index contributed by atoms with van der Waals surface area (Å²) in [6, 6.07) is 49.2. The highest BCUT2D eigenvalue weighted by Crippen LogP contribution is 2.50. The largest absolute Gasteiger partial charge is 0.310 e. The standard InChI is InChI=1S/C45H37N/c1-28-14-12-20-35(24-28)46(34-18-10-7-11-19-34)41-26-31(4)39-27-40(42-29(2)15-13-21-37(42)33-16-8-6-9-17-33)43-32(5)25-30(3)36-22-23-38(41)44(39)45(36)43/h6-27H,1-5H3. The first-order chi connectivity index (χ1) is 22.4. The summed E-state index contributed by atoms with van der Waals surface area (Å²) in [6.07, 6.45) is 0. The van der Waals surface area contributed by atoms with Crippen LogP contribution in [0.1, 0.15) is 27.8 Å². The Balaban J connectivity index is 1.52. The lowest BCUT2D eigenvalue weighted by Crippen LogP contribution is -2.11. The molecular weight excluding hydrogens is 555 g/mol. The van der Waals surface area contributed by atoms with Crippen molar-refractivity contribution in [1.29, 1.82) is 0 Å². The Kier molecular flexibility index (Phi) is 6.65. The van der Waals surface area contributed by atoms with Crippen LogP contribution >= 0.6 is 0 Å². The molecule has 0 aliphatic carbocycles. The molecule has 8 aromatic carbocycles. The molecule has 0 fully saturated rings. The fourth-order valence-electron chi connectivity index (χ4n) is 7.70. The molecule has 46 heavy (non-hydrogen) atoms. The maximum atomic E-state index is 2.49. The maximum Gasteiger partial charge on any atom is 0.0543 e. The van der Waals surface area contributed by atoms with Gasteiger partial charge in [-0.3, -0.25) is 0 Å². The van der Waals surface area contributed by atoms with Gasteiger partial charge in [-0.15, -0.1) is 0 Å². The first-order valence-electron chi connectivity index (χ1n) is 16.2. The van der Waals surface area contributed by atoms with Crippen LogP contribution in [0.4, 0.5) is 17.1 Å². The van der Waals surface area contributed by atoms with Crippen molar-refractivity contribution in [2.75, 3.05) is 4.90 Å². The van der Waals surface area contributed by atoms with E-state index in [0.29, 0.717) is 0 Å². The number of nitrogens with zero attached hydrogens (tertiary/aromatic N) is 1. The van der Waals surface area contributed by atoms with Gasteiger partial charge in [0, 0.05) is 16.8 Å². The van der Waals surface area contributed by atoms with Gasteiger partial charge in [0.25, 0.3) is 0 Å². The van der Waals surface area contributed by atoms with Crippen molar-refractivity contribution in [2.24, 2.45) is 0 Å². The van der Waals surface area contributed by atoms with Crippen molar-refractivity contribution in [1.82, 2.24) is 0 Å². The Hall–Kier alpha value is -5.40. The molecule has 0 aromatic heterocycles. The van der Waals surface area contributed by atoms with Gasteiger partial charge in [0.1, 0.15) is 0 Å². The number of rotatable bonds is 5. The Bertz CT molecular complexity index is 2400. The monoisotopic (exact) mass is 591 g/mol. The molecule has 1 heteroatoms. The van der Waals surface area contributed by atoms with E-state index in [1.807, 2.05) is 0 Å². The second kappa shape index (κ2) is 10.9. The highest BCUT2D eigenvalue weighted by Gasteiger charge is 2.24. The lowest BCUT2D eigenvalue weighted by atomic mass is 9.81. The average molecular weight is 592 g/mol. The van der Waals surface area contributed by atoms with Crippen LogP contribution in [0, 0.1) is 34.6 Å². The molecule has 0 spiro atoms. The molecule has 0 unspecified atom stereocenters. The van der Waals surface area contributed by atoms with Gasteiger partial charge in [-0.05, 0) is 148 Å². The van der Waals surface area contributed by atoms with Gasteiger partial charge in [0.2, 0.25) is 0 Å². The highest BCUT2D eigenvalue weighted by atomic mass is 15.1. The molecule has 0 aliphatic heterocycles. The average Bonchev–Trinajstić information content (AvgIpc) is 3.07. The summed E-state index contributed by atoms with van der Waals surface area (Å²) in [5.74, 6) is 0. The fraction of sp³-hybridized carbons (Fsp3) is 0.111. The van der Waals surface area contributed by atoms with Crippen molar-refractivity contribution in [3.63, 3.8) is 0 Å². The zero-order valence-electron chi connectivity index (χ0n) is 27.1. The number of benzene rings is 8. The fourth-order valence-corrected chi connectivity index (χ4v) is 7.70. The Labute approximate surface area is 271 Å². The number of para-hydroxylation sites is 1. The third kappa shape index (κ3) is 4.38. The normalized spacial score (nSPS) is 11.6. The second-order valence-electron chi connectivity index (χ2n) is 12.9. The second-order valence-corrected chi connectivity index (χ2v) is 12.9. The van der Waals surface area contributed by atoms with Crippen LogP contribution in [-0.2, 0) is 0 Å². The summed E-state index contributed by atoms with van der Waals surface area (Å²) in [7, 11) is 0. The zero-order valence-corrected chi connectivity index (χ0v) is 27.1. The summed E-state index contributed by atoms with van der Waals surface area (Å²) >= 11 is 0. The number of anilines is 3. The van der Waals surface area contributed by atoms with E-state index in [9.17, 15) is 0 Å². The quantitative estimate of drug-likeness (QED) is 0.180.